The fourth-order valence-electron chi connectivity index (χ4n) is 2.47. The van der Waals surface area contributed by atoms with Gasteiger partial charge in [-0.15, -0.1) is 0 Å². The van der Waals surface area contributed by atoms with Crippen LogP contribution in [0.2, 0.25) is 0 Å². The molecule has 2 heteroatoms. The van der Waals surface area contributed by atoms with Crippen LogP contribution in [0.15, 0.2) is 24.4 Å². The van der Waals surface area contributed by atoms with Crippen LogP contribution in [-0.2, 0) is 7.05 Å². The fourth-order valence-corrected chi connectivity index (χ4v) is 2.47. The largest absolute Gasteiger partial charge is 0.350 e. The molecule has 0 radical (unpaired) electrons. The summed E-state index contributed by atoms with van der Waals surface area (Å²) in [7, 11) is 2.02. The first-order chi connectivity index (χ1) is 8.43. The smallest absolute Gasteiger partial charge is 0.167 e. The molecule has 0 atom stereocenters. The lowest BCUT2D eigenvalue weighted by Gasteiger charge is -2.09. The van der Waals surface area contributed by atoms with Gasteiger partial charge in [-0.25, -0.2) is 0 Å². The van der Waals surface area contributed by atoms with E-state index in [-0.39, 0.29) is 11.7 Å². The summed E-state index contributed by atoms with van der Waals surface area (Å²) in [5, 5.41) is 1.09. The number of fused-ring (bicyclic) bond motifs is 1. The molecule has 2 nitrogen and oxygen atoms in total. The van der Waals surface area contributed by atoms with Crippen molar-refractivity contribution in [3.63, 3.8) is 0 Å². The predicted octanol–water partition coefficient (Wildman–Crippen LogP) is 4.14. The molecule has 0 aliphatic heterocycles. The van der Waals surface area contributed by atoms with Crippen molar-refractivity contribution in [2.75, 3.05) is 0 Å². The molecule has 0 saturated heterocycles. The Bertz CT molecular complexity index is 590. The van der Waals surface area contributed by atoms with Crippen molar-refractivity contribution >= 4 is 16.7 Å². The highest BCUT2D eigenvalue weighted by Gasteiger charge is 2.18. The van der Waals surface area contributed by atoms with Crippen LogP contribution in [0, 0.1) is 5.92 Å². The number of hydrogen-bond acceptors (Lipinski definition) is 1. The molecular formula is C16H21NO. The van der Waals surface area contributed by atoms with Crippen LogP contribution in [0.4, 0.5) is 0 Å². The van der Waals surface area contributed by atoms with Gasteiger partial charge in [0.15, 0.2) is 5.78 Å². The molecule has 1 aromatic carbocycles. The summed E-state index contributed by atoms with van der Waals surface area (Å²) >= 11 is 0. The van der Waals surface area contributed by atoms with Crippen LogP contribution >= 0.6 is 0 Å². The third-order valence-corrected chi connectivity index (χ3v) is 3.44. The maximum Gasteiger partial charge on any atom is 0.167 e. The van der Waals surface area contributed by atoms with Gasteiger partial charge in [-0.05, 0) is 11.5 Å². The monoisotopic (exact) mass is 243 g/mol. The Morgan fingerprint density at radius 2 is 1.83 bits per heavy atom. The molecule has 0 saturated carbocycles. The molecule has 0 unspecified atom stereocenters. The minimum Gasteiger partial charge on any atom is -0.350 e. The Hall–Kier alpha value is -1.57. The molecule has 18 heavy (non-hydrogen) atoms. The maximum absolute atomic E-state index is 12.2. The van der Waals surface area contributed by atoms with Gasteiger partial charge in [-0.2, -0.15) is 0 Å². The summed E-state index contributed by atoms with van der Waals surface area (Å²) in [5.74, 6) is 0.726. The van der Waals surface area contributed by atoms with Crippen LogP contribution in [0.5, 0.6) is 0 Å². The van der Waals surface area contributed by atoms with Gasteiger partial charge in [0.2, 0.25) is 0 Å². The number of ketones is 1. The van der Waals surface area contributed by atoms with Crippen molar-refractivity contribution in [1.29, 1.82) is 0 Å². The lowest BCUT2D eigenvalue weighted by molar-refractivity contribution is 0.0941. The van der Waals surface area contributed by atoms with Gasteiger partial charge >= 0.3 is 0 Å². The zero-order valence-electron chi connectivity index (χ0n) is 11.8. The molecule has 2 aromatic rings. The SMILES string of the molecule is CC(C)C(=O)c1cn(C)c2c(C(C)C)cccc12. The second-order valence-corrected chi connectivity index (χ2v) is 5.57. The Labute approximate surface area is 109 Å². The van der Waals surface area contributed by atoms with Crippen molar-refractivity contribution in [3.05, 3.63) is 35.5 Å². The number of carbonyl (C=O) groups is 1. The molecule has 96 valence electrons. The normalized spacial score (nSPS) is 11.7. The molecule has 1 aromatic heterocycles. The third kappa shape index (κ3) is 1.96. The Morgan fingerprint density at radius 1 is 1.17 bits per heavy atom. The standard InChI is InChI=1S/C16H21NO/c1-10(2)12-7-6-8-13-14(16(18)11(3)4)9-17(5)15(12)13/h6-11H,1-5H3. The Morgan fingerprint density at radius 3 is 2.39 bits per heavy atom. The number of hydrogen-bond donors (Lipinski definition) is 0. The van der Waals surface area contributed by atoms with Crippen molar-refractivity contribution in [3.8, 4) is 0 Å². The third-order valence-electron chi connectivity index (χ3n) is 3.44. The maximum atomic E-state index is 12.2. The number of aromatic nitrogens is 1. The fraction of sp³-hybridized carbons (Fsp3) is 0.438. The molecule has 0 fully saturated rings. The van der Waals surface area contributed by atoms with E-state index in [1.165, 1.54) is 11.1 Å². The Balaban J connectivity index is 2.74. The topological polar surface area (TPSA) is 22.0 Å². The van der Waals surface area contributed by atoms with E-state index in [1.807, 2.05) is 27.1 Å². The van der Waals surface area contributed by atoms with E-state index in [9.17, 15) is 4.79 Å². The number of carbonyl (C=O) groups excluding carboxylic acids is 1. The van der Waals surface area contributed by atoms with Crippen LogP contribution in [0.25, 0.3) is 10.9 Å². The molecule has 1 heterocycles. The second kappa shape index (κ2) is 4.60. The highest BCUT2D eigenvalue weighted by Crippen LogP contribution is 2.29. The number of aryl methyl sites for hydroxylation is 1. The first kappa shape index (κ1) is 12.9. The predicted molar refractivity (Wildman–Crippen MR) is 76.2 cm³/mol. The zero-order valence-corrected chi connectivity index (χ0v) is 11.8. The van der Waals surface area contributed by atoms with Crippen molar-refractivity contribution in [1.82, 2.24) is 4.57 Å². The summed E-state index contributed by atoms with van der Waals surface area (Å²) < 4.78 is 2.08. The van der Waals surface area contributed by atoms with Gasteiger partial charge in [0, 0.05) is 30.1 Å². The minimum atomic E-state index is 0.0401. The summed E-state index contributed by atoms with van der Waals surface area (Å²) in [6.07, 6.45) is 1.97. The average Bonchev–Trinajstić information content (AvgIpc) is 2.65. The van der Waals surface area contributed by atoms with Crippen LogP contribution < -0.4 is 0 Å². The zero-order chi connectivity index (χ0) is 13.4. The van der Waals surface area contributed by atoms with Gasteiger partial charge in [-0.1, -0.05) is 45.9 Å². The molecule has 0 amide bonds. The van der Waals surface area contributed by atoms with Gasteiger partial charge < -0.3 is 4.57 Å². The van der Waals surface area contributed by atoms with Gasteiger partial charge in [0.1, 0.15) is 0 Å². The van der Waals surface area contributed by atoms with E-state index in [0.717, 1.165) is 10.9 Å². The quantitative estimate of drug-likeness (QED) is 0.743. The van der Waals surface area contributed by atoms with Crippen molar-refractivity contribution in [2.45, 2.75) is 33.6 Å². The highest BCUT2D eigenvalue weighted by molar-refractivity contribution is 6.09. The molecule has 0 bridgehead atoms. The van der Waals surface area contributed by atoms with Crippen LogP contribution in [-0.4, -0.2) is 10.4 Å². The van der Waals surface area contributed by atoms with E-state index in [4.69, 9.17) is 0 Å². The molecule has 0 aliphatic carbocycles. The average molecular weight is 243 g/mol. The summed E-state index contributed by atoms with van der Waals surface area (Å²) in [6.45, 7) is 8.28. The number of para-hydroxylation sites is 1. The first-order valence-electron chi connectivity index (χ1n) is 6.55. The molecular weight excluding hydrogens is 222 g/mol. The second-order valence-electron chi connectivity index (χ2n) is 5.57. The van der Waals surface area contributed by atoms with E-state index in [2.05, 4.69) is 36.6 Å². The van der Waals surface area contributed by atoms with Crippen LogP contribution in [0.1, 0.15) is 49.5 Å². The van der Waals surface area contributed by atoms with Gasteiger partial charge in [-0.3, -0.25) is 4.79 Å². The highest BCUT2D eigenvalue weighted by atomic mass is 16.1. The minimum absolute atomic E-state index is 0.0401. The van der Waals surface area contributed by atoms with E-state index in [1.54, 1.807) is 0 Å². The van der Waals surface area contributed by atoms with Gasteiger partial charge in [0.25, 0.3) is 0 Å². The number of benzene rings is 1. The Kier molecular flexibility index (Phi) is 3.29. The summed E-state index contributed by atoms with van der Waals surface area (Å²) in [6, 6.07) is 6.25. The first-order valence-corrected chi connectivity index (χ1v) is 6.55. The molecule has 0 aliphatic rings. The summed E-state index contributed by atoms with van der Waals surface area (Å²) in [4.78, 5) is 12.2. The van der Waals surface area contributed by atoms with E-state index < -0.39 is 0 Å². The molecule has 2 rings (SSSR count). The number of Topliss-reactive ketones (excluding diaryl/α,β-unsaturated/α-hetero) is 1. The lowest BCUT2D eigenvalue weighted by atomic mass is 9.96. The molecule has 0 spiro atoms. The van der Waals surface area contributed by atoms with Crippen molar-refractivity contribution in [2.24, 2.45) is 13.0 Å². The lowest BCUT2D eigenvalue weighted by Crippen LogP contribution is -2.06. The number of nitrogens with zero attached hydrogens (tertiary/aromatic N) is 1. The van der Waals surface area contributed by atoms with Crippen molar-refractivity contribution < 1.29 is 4.79 Å². The number of rotatable bonds is 3. The molecule has 0 N–H and O–H groups in total. The van der Waals surface area contributed by atoms with E-state index in [0.29, 0.717) is 5.92 Å². The summed E-state index contributed by atoms with van der Waals surface area (Å²) in [5.41, 5.74) is 3.35. The van der Waals surface area contributed by atoms with Gasteiger partial charge in [0.05, 0.1) is 5.52 Å². The van der Waals surface area contributed by atoms with Crippen LogP contribution in [0.3, 0.4) is 0 Å². The van der Waals surface area contributed by atoms with E-state index >= 15 is 0 Å².